The molecule has 1 atom stereocenters. The van der Waals surface area contributed by atoms with Gasteiger partial charge in [-0.1, -0.05) is 42.5 Å². The largest absolute Gasteiger partial charge is 0.494 e. The number of hydrogen-bond donors (Lipinski definition) is 3. The van der Waals surface area contributed by atoms with Crippen LogP contribution in [0.5, 0.6) is 5.75 Å². The molecule has 4 rings (SSSR count). The zero-order valence-electron chi connectivity index (χ0n) is 16.9. The lowest BCUT2D eigenvalue weighted by molar-refractivity contribution is -0.113. The van der Waals surface area contributed by atoms with E-state index in [0.717, 1.165) is 22.1 Å². The van der Waals surface area contributed by atoms with Crippen LogP contribution in [0.15, 0.2) is 78.0 Å². The van der Waals surface area contributed by atoms with Crippen molar-refractivity contribution in [1.29, 1.82) is 0 Å². The normalized spacial score (nSPS) is 16.1. The summed E-state index contributed by atoms with van der Waals surface area (Å²) in [5.41, 5.74) is 2.52. The van der Waals surface area contributed by atoms with E-state index in [1.807, 2.05) is 61.5 Å². The molecule has 3 amide bonds. The first-order valence-corrected chi connectivity index (χ1v) is 9.87. The minimum absolute atomic E-state index is 0.276. The van der Waals surface area contributed by atoms with Crippen LogP contribution in [0.2, 0.25) is 0 Å². The molecule has 3 aromatic carbocycles. The van der Waals surface area contributed by atoms with Crippen molar-refractivity contribution in [3.05, 3.63) is 83.6 Å². The van der Waals surface area contributed by atoms with Crippen LogP contribution in [0, 0.1) is 0 Å². The molecule has 1 aliphatic rings. The van der Waals surface area contributed by atoms with Gasteiger partial charge >= 0.3 is 6.03 Å². The number of urea groups is 1. The van der Waals surface area contributed by atoms with Crippen LogP contribution in [0.1, 0.15) is 25.5 Å². The predicted molar refractivity (Wildman–Crippen MR) is 117 cm³/mol. The van der Waals surface area contributed by atoms with Crippen LogP contribution < -0.4 is 20.7 Å². The molecule has 3 N–H and O–H groups in total. The SMILES string of the molecule is CCOc1ccc(NC(=O)C2=C(C)NC(=O)N[C@@H]2c2cccc3ccccc23)cc1. The first kappa shape index (κ1) is 19.5. The lowest BCUT2D eigenvalue weighted by Crippen LogP contribution is -2.46. The maximum atomic E-state index is 13.2. The minimum Gasteiger partial charge on any atom is -0.494 e. The first-order chi connectivity index (χ1) is 14.6. The summed E-state index contributed by atoms with van der Waals surface area (Å²) in [6.45, 7) is 4.24. The highest BCUT2D eigenvalue weighted by Gasteiger charge is 2.32. The summed E-state index contributed by atoms with van der Waals surface area (Å²) < 4.78 is 5.45. The van der Waals surface area contributed by atoms with Gasteiger partial charge in [-0.3, -0.25) is 4.79 Å². The molecule has 0 saturated heterocycles. The fraction of sp³-hybridized carbons (Fsp3) is 0.167. The molecular formula is C24H23N3O3. The van der Waals surface area contributed by atoms with Gasteiger partial charge in [-0.25, -0.2) is 4.79 Å². The average molecular weight is 401 g/mol. The first-order valence-electron chi connectivity index (χ1n) is 9.87. The highest BCUT2D eigenvalue weighted by Crippen LogP contribution is 2.32. The van der Waals surface area contributed by atoms with E-state index in [2.05, 4.69) is 16.0 Å². The van der Waals surface area contributed by atoms with E-state index in [1.54, 1.807) is 19.1 Å². The number of rotatable bonds is 5. The van der Waals surface area contributed by atoms with Gasteiger partial charge < -0.3 is 20.7 Å². The molecule has 0 spiro atoms. The fourth-order valence-corrected chi connectivity index (χ4v) is 3.73. The Balaban J connectivity index is 1.69. The second-order valence-corrected chi connectivity index (χ2v) is 7.05. The van der Waals surface area contributed by atoms with Gasteiger partial charge in [0.1, 0.15) is 5.75 Å². The molecule has 0 aliphatic carbocycles. The van der Waals surface area contributed by atoms with Crippen molar-refractivity contribution in [3.63, 3.8) is 0 Å². The quantitative estimate of drug-likeness (QED) is 0.589. The van der Waals surface area contributed by atoms with E-state index >= 15 is 0 Å². The van der Waals surface area contributed by atoms with Crippen LogP contribution in [0.25, 0.3) is 10.8 Å². The van der Waals surface area contributed by atoms with E-state index in [9.17, 15) is 9.59 Å². The van der Waals surface area contributed by atoms with Crippen LogP contribution in [-0.4, -0.2) is 18.5 Å². The molecular weight excluding hydrogens is 378 g/mol. The minimum atomic E-state index is -0.562. The summed E-state index contributed by atoms with van der Waals surface area (Å²) in [6.07, 6.45) is 0. The van der Waals surface area contributed by atoms with E-state index in [4.69, 9.17) is 4.74 Å². The number of anilines is 1. The third-order valence-corrected chi connectivity index (χ3v) is 5.07. The van der Waals surface area contributed by atoms with Crippen molar-refractivity contribution in [2.45, 2.75) is 19.9 Å². The van der Waals surface area contributed by atoms with Crippen LogP contribution in [-0.2, 0) is 4.79 Å². The fourth-order valence-electron chi connectivity index (χ4n) is 3.73. The second kappa shape index (κ2) is 8.29. The molecule has 0 radical (unpaired) electrons. The van der Waals surface area contributed by atoms with E-state index in [-0.39, 0.29) is 11.9 Å². The maximum Gasteiger partial charge on any atom is 0.319 e. The molecule has 152 valence electrons. The van der Waals surface area contributed by atoms with Crippen LogP contribution in [0.4, 0.5) is 10.5 Å². The number of fused-ring (bicyclic) bond motifs is 1. The van der Waals surface area contributed by atoms with E-state index in [1.165, 1.54) is 0 Å². The summed E-state index contributed by atoms with van der Waals surface area (Å²) in [6, 6.07) is 20.1. The Labute approximate surface area is 174 Å². The third kappa shape index (κ3) is 3.85. The zero-order chi connectivity index (χ0) is 21.1. The molecule has 0 aromatic heterocycles. The molecule has 0 fully saturated rings. The highest BCUT2D eigenvalue weighted by molar-refractivity contribution is 6.07. The highest BCUT2D eigenvalue weighted by atomic mass is 16.5. The Bertz CT molecular complexity index is 1130. The maximum absolute atomic E-state index is 13.2. The summed E-state index contributed by atoms with van der Waals surface area (Å²) >= 11 is 0. The van der Waals surface area contributed by atoms with Crippen molar-refractivity contribution in [2.75, 3.05) is 11.9 Å². The summed E-state index contributed by atoms with van der Waals surface area (Å²) in [4.78, 5) is 25.4. The summed E-state index contributed by atoms with van der Waals surface area (Å²) in [5.74, 6) is 0.466. The Hall–Kier alpha value is -3.80. The number of carbonyl (C=O) groups excluding carboxylic acids is 2. The van der Waals surface area contributed by atoms with Gasteiger partial charge in [-0.15, -0.1) is 0 Å². The smallest absolute Gasteiger partial charge is 0.319 e. The Morgan fingerprint density at radius 2 is 1.77 bits per heavy atom. The van der Waals surface area contributed by atoms with E-state index in [0.29, 0.717) is 23.6 Å². The summed E-state index contributed by atoms with van der Waals surface area (Å²) in [7, 11) is 0. The van der Waals surface area contributed by atoms with Crippen molar-refractivity contribution in [1.82, 2.24) is 10.6 Å². The third-order valence-electron chi connectivity index (χ3n) is 5.07. The molecule has 0 unspecified atom stereocenters. The molecule has 6 nitrogen and oxygen atoms in total. The zero-order valence-corrected chi connectivity index (χ0v) is 16.9. The number of ether oxygens (including phenoxy) is 1. The molecule has 0 bridgehead atoms. The Morgan fingerprint density at radius 3 is 2.53 bits per heavy atom. The molecule has 3 aromatic rings. The van der Waals surface area contributed by atoms with Gasteiger partial charge in [0, 0.05) is 11.4 Å². The summed E-state index contributed by atoms with van der Waals surface area (Å²) in [5, 5.41) is 10.6. The predicted octanol–water partition coefficient (Wildman–Crippen LogP) is 4.51. The van der Waals surface area contributed by atoms with Gasteiger partial charge in [0.05, 0.1) is 18.2 Å². The Morgan fingerprint density at radius 1 is 1.03 bits per heavy atom. The van der Waals surface area contributed by atoms with Crippen LogP contribution >= 0.6 is 0 Å². The molecule has 30 heavy (non-hydrogen) atoms. The standard InChI is InChI=1S/C24H23N3O3/c1-3-30-18-13-11-17(12-14-18)26-23(28)21-15(2)25-24(29)27-22(21)20-10-6-8-16-7-4-5-9-19(16)20/h4-14,22H,3H2,1-2H3,(H,26,28)(H2,25,27,29)/t22-/m1/s1. The number of benzene rings is 3. The van der Waals surface area contributed by atoms with Gasteiger partial charge in [-0.2, -0.15) is 0 Å². The molecule has 1 heterocycles. The lowest BCUT2D eigenvalue weighted by Gasteiger charge is -2.29. The molecule has 0 saturated carbocycles. The van der Waals surface area contributed by atoms with Crippen molar-refractivity contribution in [3.8, 4) is 5.75 Å². The molecule has 1 aliphatic heterocycles. The van der Waals surface area contributed by atoms with Gasteiger partial charge in [0.2, 0.25) is 0 Å². The van der Waals surface area contributed by atoms with Crippen molar-refractivity contribution < 1.29 is 14.3 Å². The lowest BCUT2D eigenvalue weighted by atomic mass is 9.91. The number of nitrogens with one attached hydrogen (secondary N) is 3. The van der Waals surface area contributed by atoms with Crippen LogP contribution in [0.3, 0.4) is 0 Å². The second-order valence-electron chi connectivity index (χ2n) is 7.05. The number of carbonyl (C=O) groups is 2. The van der Waals surface area contributed by atoms with Crippen molar-refractivity contribution in [2.24, 2.45) is 0 Å². The van der Waals surface area contributed by atoms with Gasteiger partial charge in [0.25, 0.3) is 5.91 Å². The number of hydrogen-bond acceptors (Lipinski definition) is 3. The topological polar surface area (TPSA) is 79.5 Å². The van der Waals surface area contributed by atoms with E-state index < -0.39 is 6.04 Å². The average Bonchev–Trinajstić information content (AvgIpc) is 2.74. The Kier molecular flexibility index (Phi) is 5.39. The number of allylic oxidation sites excluding steroid dienone is 1. The number of amides is 3. The molecule has 6 heteroatoms. The van der Waals surface area contributed by atoms with Crippen molar-refractivity contribution >= 4 is 28.4 Å². The monoisotopic (exact) mass is 401 g/mol. The van der Waals surface area contributed by atoms with Gasteiger partial charge in [0.15, 0.2) is 0 Å². The van der Waals surface area contributed by atoms with Gasteiger partial charge in [-0.05, 0) is 54.4 Å².